The van der Waals surface area contributed by atoms with Gasteiger partial charge in [-0.05, 0) is 58.7 Å². The molecule has 1 aromatic carbocycles. The molecule has 2 aliphatic carbocycles. The van der Waals surface area contributed by atoms with Gasteiger partial charge in [0.2, 0.25) is 0 Å². The Morgan fingerprint density at radius 1 is 0.450 bits per heavy atom. The molecule has 0 saturated heterocycles. The van der Waals surface area contributed by atoms with E-state index in [1.807, 2.05) is 65.8 Å². The summed E-state index contributed by atoms with van der Waals surface area (Å²) in [4.78, 5) is 0. The van der Waals surface area contributed by atoms with Crippen LogP contribution in [0.5, 0.6) is 0 Å². The fourth-order valence-corrected chi connectivity index (χ4v) is 1.65. The zero-order chi connectivity index (χ0) is 15.4. The summed E-state index contributed by atoms with van der Waals surface area (Å²) >= 11 is 0. The van der Waals surface area contributed by atoms with Gasteiger partial charge in [-0.2, -0.15) is 0 Å². The predicted molar refractivity (Wildman–Crippen MR) is 92.4 cm³/mol. The van der Waals surface area contributed by atoms with Gasteiger partial charge in [0.15, 0.2) is 0 Å². The van der Waals surface area contributed by atoms with Gasteiger partial charge in [0.25, 0.3) is 0 Å². The van der Waals surface area contributed by atoms with Crippen molar-refractivity contribution in [2.24, 2.45) is 0 Å². The normalized spacial score (nSPS) is 10.1. The largest absolute Gasteiger partial charge is 0.0696 e. The first-order chi connectivity index (χ1) is 9.93. The van der Waals surface area contributed by atoms with Crippen LogP contribution in [0.15, 0.2) is 35.1 Å². The Morgan fingerprint density at radius 3 is 0.850 bits per heavy atom. The third-order valence-corrected chi connectivity index (χ3v) is 2.37. The van der Waals surface area contributed by atoms with E-state index >= 15 is 0 Å². The molecule has 0 heterocycles. The van der Waals surface area contributed by atoms with Crippen molar-refractivity contribution in [2.45, 2.75) is 41.5 Å². The molecule has 0 spiro atoms. The molecule has 0 radical (unpaired) electrons. The Bertz CT molecular complexity index is 508. The summed E-state index contributed by atoms with van der Waals surface area (Å²) in [6.07, 6.45) is 7.80. The Morgan fingerprint density at radius 2 is 0.650 bits per heavy atom. The van der Waals surface area contributed by atoms with Crippen LogP contribution in [-0.4, -0.2) is 0 Å². The number of hydrogen-bond donors (Lipinski definition) is 0. The SMILES string of the molecule is C1=C=Cc2cc3c(cc2C=1)C=C=C=C3.CC.CC.CC. The summed E-state index contributed by atoms with van der Waals surface area (Å²) in [7, 11) is 0. The molecule has 3 rings (SSSR count). The molecular formula is C20H24. The molecule has 0 amide bonds. The van der Waals surface area contributed by atoms with Gasteiger partial charge in [-0.1, -0.05) is 64.5 Å². The van der Waals surface area contributed by atoms with Gasteiger partial charge in [-0.15, -0.1) is 0 Å². The lowest BCUT2D eigenvalue weighted by molar-refractivity contribution is 1.50. The van der Waals surface area contributed by atoms with E-state index in [0.29, 0.717) is 0 Å². The standard InChI is InChI=1S/C14H6.3C2H6/c1-2-6-12-10-14-8-4-3-7-13(14)9-11(12)5-1;3*1-2/h5-10H;3*1-2H3. The maximum Gasteiger partial charge on any atom is -0.00363 e. The third-order valence-electron chi connectivity index (χ3n) is 2.37. The molecule has 0 fully saturated rings. The van der Waals surface area contributed by atoms with E-state index in [2.05, 4.69) is 35.1 Å². The van der Waals surface area contributed by atoms with E-state index in [1.54, 1.807) is 0 Å². The molecule has 0 unspecified atom stereocenters. The predicted octanol–water partition coefficient (Wildman–Crippen LogP) is 6.35. The lowest BCUT2D eigenvalue weighted by Gasteiger charge is -2.07. The molecule has 2 aliphatic rings. The number of benzene rings is 1. The van der Waals surface area contributed by atoms with Crippen LogP contribution >= 0.6 is 0 Å². The van der Waals surface area contributed by atoms with Crippen LogP contribution in [0.25, 0.3) is 24.3 Å². The minimum Gasteiger partial charge on any atom is -0.0696 e. The van der Waals surface area contributed by atoms with Crippen LogP contribution in [0.4, 0.5) is 0 Å². The van der Waals surface area contributed by atoms with Gasteiger partial charge in [0.05, 0.1) is 0 Å². The molecule has 0 heteroatoms. The van der Waals surface area contributed by atoms with Crippen molar-refractivity contribution in [3.63, 3.8) is 0 Å². The summed E-state index contributed by atoms with van der Waals surface area (Å²) in [6.45, 7) is 12.0. The van der Waals surface area contributed by atoms with E-state index in [9.17, 15) is 0 Å². The lowest BCUT2D eigenvalue weighted by atomic mass is 9.96. The fourth-order valence-electron chi connectivity index (χ4n) is 1.65. The second kappa shape index (κ2) is 10.7. The molecule has 20 heavy (non-hydrogen) atoms. The van der Waals surface area contributed by atoms with Crippen LogP contribution in [0.2, 0.25) is 0 Å². The van der Waals surface area contributed by atoms with Crippen LogP contribution in [0, 0.1) is 0 Å². The number of rotatable bonds is 0. The lowest BCUT2D eigenvalue weighted by Crippen LogP contribution is -1.89. The van der Waals surface area contributed by atoms with Gasteiger partial charge in [0.1, 0.15) is 0 Å². The summed E-state index contributed by atoms with van der Waals surface area (Å²) in [5.74, 6) is 0. The first-order valence-electron chi connectivity index (χ1n) is 7.46. The van der Waals surface area contributed by atoms with Gasteiger partial charge >= 0.3 is 0 Å². The maximum atomic E-state index is 2.96. The first kappa shape index (κ1) is 17.8. The second-order valence-corrected chi connectivity index (χ2v) is 3.26. The monoisotopic (exact) mass is 264 g/mol. The topological polar surface area (TPSA) is 0 Å². The zero-order valence-electron chi connectivity index (χ0n) is 13.5. The molecular weight excluding hydrogens is 240 g/mol. The zero-order valence-corrected chi connectivity index (χ0v) is 13.5. The van der Waals surface area contributed by atoms with Gasteiger partial charge in [-0.25, -0.2) is 0 Å². The van der Waals surface area contributed by atoms with Crippen molar-refractivity contribution in [1.29, 1.82) is 0 Å². The molecule has 0 aromatic heterocycles. The van der Waals surface area contributed by atoms with Crippen LogP contribution < -0.4 is 0 Å². The Balaban J connectivity index is 0.000000538. The van der Waals surface area contributed by atoms with E-state index < -0.39 is 0 Å². The smallest absolute Gasteiger partial charge is 0.00363 e. The molecule has 0 bridgehead atoms. The first-order valence-corrected chi connectivity index (χ1v) is 7.46. The minimum absolute atomic E-state index is 1.19. The molecule has 104 valence electrons. The second-order valence-electron chi connectivity index (χ2n) is 3.26. The summed E-state index contributed by atoms with van der Waals surface area (Å²) in [5.41, 5.74) is 16.6. The van der Waals surface area contributed by atoms with E-state index in [1.165, 1.54) is 22.3 Å². The van der Waals surface area contributed by atoms with Crippen LogP contribution in [0.3, 0.4) is 0 Å². The van der Waals surface area contributed by atoms with Crippen LogP contribution in [0.1, 0.15) is 63.8 Å². The van der Waals surface area contributed by atoms with Crippen molar-refractivity contribution in [2.75, 3.05) is 0 Å². The highest BCUT2D eigenvalue weighted by atomic mass is 14.1. The molecule has 0 aliphatic heterocycles. The molecule has 0 N–H and O–H groups in total. The quantitative estimate of drug-likeness (QED) is 0.415. The number of hydrogen-bond acceptors (Lipinski definition) is 0. The number of fused-ring (bicyclic) bond motifs is 2. The van der Waals surface area contributed by atoms with E-state index in [-0.39, 0.29) is 0 Å². The van der Waals surface area contributed by atoms with Crippen LogP contribution in [-0.2, 0) is 0 Å². The van der Waals surface area contributed by atoms with E-state index in [4.69, 9.17) is 0 Å². The van der Waals surface area contributed by atoms with Gasteiger partial charge in [-0.3, -0.25) is 0 Å². The highest BCUT2D eigenvalue weighted by molar-refractivity contribution is 5.77. The minimum atomic E-state index is 1.19. The highest BCUT2D eigenvalue weighted by Crippen LogP contribution is 2.23. The molecule has 0 atom stereocenters. The Kier molecular flexibility index (Phi) is 9.55. The Hall–Kier alpha value is -2.18. The molecule has 0 saturated carbocycles. The van der Waals surface area contributed by atoms with Gasteiger partial charge in [0, 0.05) is 0 Å². The Labute approximate surface area is 123 Å². The maximum absolute atomic E-state index is 2.96. The fraction of sp³-hybridized carbons (Fsp3) is 0.300. The average molecular weight is 264 g/mol. The molecule has 0 nitrogen and oxygen atoms in total. The van der Waals surface area contributed by atoms with Crippen molar-refractivity contribution in [1.82, 2.24) is 0 Å². The summed E-state index contributed by atoms with van der Waals surface area (Å²) < 4.78 is 0. The van der Waals surface area contributed by atoms with Crippen molar-refractivity contribution in [3.8, 4) is 0 Å². The highest BCUT2D eigenvalue weighted by Gasteiger charge is 2.05. The van der Waals surface area contributed by atoms with Crippen molar-refractivity contribution in [3.05, 3.63) is 57.3 Å². The summed E-state index contributed by atoms with van der Waals surface area (Å²) in [6, 6.07) is 4.28. The van der Waals surface area contributed by atoms with E-state index in [0.717, 1.165) is 0 Å². The van der Waals surface area contributed by atoms with Crippen molar-refractivity contribution < 1.29 is 0 Å². The summed E-state index contributed by atoms with van der Waals surface area (Å²) in [5, 5.41) is 0. The van der Waals surface area contributed by atoms with Crippen molar-refractivity contribution >= 4 is 24.3 Å². The van der Waals surface area contributed by atoms with Gasteiger partial charge < -0.3 is 0 Å². The molecule has 1 aromatic rings. The average Bonchev–Trinajstić information content (AvgIpc) is 2.58. The third kappa shape index (κ3) is 4.49.